The quantitative estimate of drug-likeness (QED) is 0.386. The fourth-order valence-corrected chi connectivity index (χ4v) is 3.44. The molecule has 0 radical (unpaired) electrons. The number of rotatable bonds is 7. The van der Waals surface area contributed by atoms with Gasteiger partial charge in [-0.25, -0.2) is 15.0 Å². The topological polar surface area (TPSA) is 55.5 Å². The van der Waals surface area contributed by atoms with Crippen molar-refractivity contribution < 1.29 is 4.74 Å². The molecule has 29 heavy (non-hydrogen) atoms. The molecule has 0 saturated heterocycles. The second-order valence-corrected chi connectivity index (χ2v) is 7.16. The molecule has 6 heteroatoms. The van der Waals surface area contributed by atoms with Crippen molar-refractivity contribution in [1.82, 2.24) is 14.5 Å². The molecule has 0 aliphatic carbocycles. The lowest BCUT2D eigenvalue weighted by atomic mass is 10.1. The fraction of sp³-hybridized carbons (Fsp3) is 0.348. The van der Waals surface area contributed by atoms with Crippen LogP contribution in [0, 0.1) is 13.8 Å². The molecule has 0 saturated carbocycles. The largest absolute Gasteiger partial charge is 0.496 e. The van der Waals surface area contributed by atoms with Crippen molar-refractivity contribution in [2.24, 2.45) is 5.10 Å². The van der Waals surface area contributed by atoms with Crippen LogP contribution >= 0.6 is 0 Å². The maximum absolute atomic E-state index is 5.69. The van der Waals surface area contributed by atoms with Gasteiger partial charge >= 0.3 is 0 Å². The summed E-state index contributed by atoms with van der Waals surface area (Å²) < 4.78 is 7.91. The molecule has 1 aromatic carbocycles. The summed E-state index contributed by atoms with van der Waals surface area (Å²) in [4.78, 5) is 9.91. The molecule has 0 unspecified atom stereocenters. The Hall–Kier alpha value is -3.15. The molecule has 0 aliphatic heterocycles. The molecule has 3 rings (SSSR count). The van der Waals surface area contributed by atoms with Crippen LogP contribution in [0.1, 0.15) is 44.5 Å². The number of hydrogen-bond acceptors (Lipinski definition) is 5. The number of methoxy groups -OCH3 is 1. The molecular weight excluding hydrogens is 362 g/mol. The van der Waals surface area contributed by atoms with Gasteiger partial charge in [0.1, 0.15) is 11.3 Å². The van der Waals surface area contributed by atoms with Gasteiger partial charge in [-0.15, -0.1) is 0 Å². The Bertz CT molecular complexity index is 1070. The van der Waals surface area contributed by atoms with Gasteiger partial charge in [0.25, 0.3) is 0 Å². The highest BCUT2D eigenvalue weighted by molar-refractivity contribution is 5.82. The van der Waals surface area contributed by atoms with Gasteiger partial charge in [-0.3, -0.25) is 0 Å². The second-order valence-electron chi connectivity index (χ2n) is 7.16. The first-order valence-electron chi connectivity index (χ1n) is 9.87. The lowest BCUT2D eigenvalue weighted by molar-refractivity contribution is 0.416. The lowest BCUT2D eigenvalue weighted by Crippen LogP contribution is -2.07. The SMILES string of the molecule is C=NN(/C=C\C)c1ccc(-c2nc3c(C)cn([C@@H](C)CC)c3nc2C)c(OC)c1. The molecule has 1 atom stereocenters. The van der Waals surface area contributed by atoms with E-state index in [1.54, 1.807) is 12.1 Å². The molecule has 0 N–H and O–H groups in total. The van der Waals surface area contributed by atoms with Gasteiger partial charge in [0, 0.05) is 36.8 Å². The number of benzene rings is 1. The van der Waals surface area contributed by atoms with Crippen molar-refractivity contribution in [1.29, 1.82) is 0 Å². The van der Waals surface area contributed by atoms with Gasteiger partial charge in [0.15, 0.2) is 5.65 Å². The fourth-order valence-electron chi connectivity index (χ4n) is 3.44. The summed E-state index contributed by atoms with van der Waals surface area (Å²) in [6.07, 6.45) is 6.94. The average molecular weight is 392 g/mol. The van der Waals surface area contributed by atoms with Gasteiger partial charge < -0.3 is 9.30 Å². The van der Waals surface area contributed by atoms with Crippen LogP contribution in [0.5, 0.6) is 5.75 Å². The van der Waals surface area contributed by atoms with Crippen molar-refractivity contribution in [3.63, 3.8) is 0 Å². The first kappa shape index (κ1) is 20.6. The zero-order chi connectivity index (χ0) is 21.1. The number of hydrogen-bond donors (Lipinski definition) is 0. The van der Waals surface area contributed by atoms with Crippen LogP contribution in [-0.2, 0) is 0 Å². The highest BCUT2D eigenvalue weighted by atomic mass is 16.5. The Labute approximate surface area is 172 Å². The monoisotopic (exact) mass is 391 g/mol. The van der Waals surface area contributed by atoms with Gasteiger partial charge in [-0.05, 0) is 51.8 Å². The van der Waals surface area contributed by atoms with Gasteiger partial charge in [-0.2, -0.15) is 5.10 Å². The molecule has 2 heterocycles. The number of ether oxygens (including phenoxy) is 1. The molecule has 0 fully saturated rings. The maximum atomic E-state index is 5.69. The van der Waals surface area contributed by atoms with Crippen molar-refractivity contribution in [3.05, 3.63) is 47.9 Å². The van der Waals surface area contributed by atoms with E-state index in [4.69, 9.17) is 14.7 Å². The van der Waals surface area contributed by atoms with E-state index in [-0.39, 0.29) is 0 Å². The minimum Gasteiger partial charge on any atom is -0.496 e. The first-order valence-corrected chi connectivity index (χ1v) is 9.87. The number of anilines is 1. The summed E-state index contributed by atoms with van der Waals surface area (Å²) in [7, 11) is 1.66. The van der Waals surface area contributed by atoms with E-state index >= 15 is 0 Å². The van der Waals surface area contributed by atoms with Crippen LogP contribution in [-0.4, -0.2) is 28.4 Å². The third-order valence-corrected chi connectivity index (χ3v) is 5.22. The zero-order valence-corrected chi connectivity index (χ0v) is 18.1. The molecule has 0 amide bonds. The lowest BCUT2D eigenvalue weighted by Gasteiger charge is -2.17. The molecule has 0 spiro atoms. The van der Waals surface area contributed by atoms with E-state index in [0.717, 1.165) is 51.5 Å². The van der Waals surface area contributed by atoms with E-state index in [1.807, 2.05) is 44.3 Å². The molecule has 0 bridgehead atoms. The predicted octanol–water partition coefficient (Wildman–Crippen LogP) is 5.65. The second kappa shape index (κ2) is 8.47. The average Bonchev–Trinajstić information content (AvgIpc) is 3.05. The van der Waals surface area contributed by atoms with Crippen LogP contribution in [0.2, 0.25) is 0 Å². The summed E-state index contributed by atoms with van der Waals surface area (Å²) >= 11 is 0. The van der Waals surface area contributed by atoms with Gasteiger partial charge in [0.05, 0.1) is 24.2 Å². The number of aromatic nitrogens is 3. The van der Waals surface area contributed by atoms with Gasteiger partial charge in [0.2, 0.25) is 0 Å². The van der Waals surface area contributed by atoms with Crippen molar-refractivity contribution in [3.8, 4) is 17.0 Å². The highest BCUT2D eigenvalue weighted by Gasteiger charge is 2.18. The van der Waals surface area contributed by atoms with Crippen LogP contribution in [0.25, 0.3) is 22.4 Å². The van der Waals surface area contributed by atoms with Crippen molar-refractivity contribution >= 4 is 23.6 Å². The summed E-state index contributed by atoms with van der Waals surface area (Å²) in [5.41, 5.74) is 6.46. The zero-order valence-electron chi connectivity index (χ0n) is 18.1. The van der Waals surface area contributed by atoms with Gasteiger partial charge in [-0.1, -0.05) is 13.0 Å². The van der Waals surface area contributed by atoms with Crippen LogP contribution in [0.4, 0.5) is 5.69 Å². The summed E-state index contributed by atoms with van der Waals surface area (Å²) in [5.74, 6) is 0.719. The Morgan fingerprint density at radius 2 is 2.07 bits per heavy atom. The van der Waals surface area contributed by atoms with E-state index in [9.17, 15) is 0 Å². The standard InChI is InChI=1S/C23H29N5O/c1-8-12-28(24-6)18-10-11-19(20(13-18)29-7)22-17(5)25-23-21(26-22)15(3)14-27(23)16(4)9-2/h8,10-14,16H,6,9H2,1-5,7H3/b12-8-/t16-/m0/s1. The van der Waals surface area contributed by atoms with E-state index in [2.05, 4.69) is 43.4 Å². The number of allylic oxidation sites excluding steroid dienone is 1. The van der Waals surface area contributed by atoms with E-state index in [1.165, 1.54) is 0 Å². The van der Waals surface area contributed by atoms with Crippen LogP contribution in [0.3, 0.4) is 0 Å². The molecule has 0 aliphatic rings. The summed E-state index contributed by atoms with van der Waals surface area (Å²) in [6.45, 7) is 14.0. The normalized spacial score (nSPS) is 12.5. The molecular formula is C23H29N5O. The van der Waals surface area contributed by atoms with E-state index < -0.39 is 0 Å². The third-order valence-electron chi connectivity index (χ3n) is 5.22. The Morgan fingerprint density at radius 1 is 1.31 bits per heavy atom. The molecule has 6 nitrogen and oxygen atoms in total. The number of hydrazone groups is 1. The van der Waals surface area contributed by atoms with E-state index in [0.29, 0.717) is 6.04 Å². The maximum Gasteiger partial charge on any atom is 0.159 e. The number of nitrogens with zero attached hydrogens (tertiary/aromatic N) is 5. The molecule has 152 valence electrons. The number of aryl methyl sites for hydroxylation is 2. The highest BCUT2D eigenvalue weighted by Crippen LogP contribution is 2.36. The minimum absolute atomic E-state index is 0.378. The Morgan fingerprint density at radius 3 is 2.69 bits per heavy atom. The van der Waals surface area contributed by atoms with Crippen LogP contribution in [0.15, 0.2) is 41.8 Å². The van der Waals surface area contributed by atoms with Crippen molar-refractivity contribution in [2.75, 3.05) is 12.1 Å². The third kappa shape index (κ3) is 3.75. The number of fused-ring (bicyclic) bond motifs is 1. The smallest absolute Gasteiger partial charge is 0.159 e. The first-order chi connectivity index (χ1) is 13.9. The van der Waals surface area contributed by atoms with Crippen molar-refractivity contribution in [2.45, 2.75) is 47.1 Å². The van der Waals surface area contributed by atoms with Crippen LogP contribution < -0.4 is 9.75 Å². The predicted molar refractivity (Wildman–Crippen MR) is 121 cm³/mol. The Kier molecular flexibility index (Phi) is 6.01. The summed E-state index contributed by atoms with van der Waals surface area (Å²) in [6, 6.07) is 6.30. The molecule has 3 aromatic rings. The molecule has 2 aromatic heterocycles. The summed E-state index contributed by atoms with van der Waals surface area (Å²) in [5, 5.41) is 5.73. The minimum atomic E-state index is 0.378. The Balaban J connectivity index is 2.16.